The zero-order valence-corrected chi connectivity index (χ0v) is 16.7. The molecule has 1 N–H and O–H groups in total. The van der Waals surface area contributed by atoms with Crippen molar-refractivity contribution >= 4 is 35.3 Å². The van der Waals surface area contributed by atoms with E-state index < -0.39 is 11.3 Å². The lowest BCUT2D eigenvalue weighted by Crippen LogP contribution is -2.56. The van der Waals surface area contributed by atoms with Gasteiger partial charge in [-0.3, -0.25) is 14.5 Å². The van der Waals surface area contributed by atoms with E-state index in [1.165, 1.54) is 23.7 Å². The second-order valence-electron chi connectivity index (χ2n) is 6.75. The summed E-state index contributed by atoms with van der Waals surface area (Å²) in [6.07, 6.45) is 1.64. The number of imide groups is 1. The standard InChI is InChI=1S/C21H19N3O4S/c1-23-19(26)16-12-17(29-20(16)24(2)21(23)27)18(25)22-13-8-10-15(11-9-13)28-14-6-4-3-5-7-14/h3-12,16,20H,1-2H3,(H,22,25). The number of benzene rings is 2. The van der Waals surface area contributed by atoms with Gasteiger partial charge in [-0.15, -0.1) is 0 Å². The monoisotopic (exact) mass is 409 g/mol. The number of carbonyl (C=O) groups excluding carboxylic acids is 3. The molecule has 2 atom stereocenters. The Kier molecular flexibility index (Phi) is 5.02. The van der Waals surface area contributed by atoms with Crippen molar-refractivity contribution in [1.29, 1.82) is 0 Å². The Morgan fingerprint density at radius 3 is 2.34 bits per heavy atom. The van der Waals surface area contributed by atoms with Gasteiger partial charge in [-0.1, -0.05) is 30.0 Å². The van der Waals surface area contributed by atoms with Crippen LogP contribution in [-0.4, -0.2) is 47.1 Å². The molecule has 7 nitrogen and oxygen atoms in total. The molecule has 2 aliphatic rings. The lowest BCUT2D eigenvalue weighted by Gasteiger charge is -2.37. The first-order chi connectivity index (χ1) is 13.9. The number of para-hydroxylation sites is 1. The number of fused-ring (bicyclic) bond motifs is 1. The van der Waals surface area contributed by atoms with Gasteiger partial charge in [0.15, 0.2) is 0 Å². The summed E-state index contributed by atoms with van der Waals surface area (Å²) in [6.45, 7) is 0. The molecule has 2 unspecified atom stereocenters. The maximum absolute atomic E-state index is 12.7. The molecule has 0 aliphatic carbocycles. The van der Waals surface area contributed by atoms with Crippen molar-refractivity contribution in [3.8, 4) is 11.5 Å². The second-order valence-corrected chi connectivity index (χ2v) is 7.91. The quantitative estimate of drug-likeness (QED) is 0.836. The molecular formula is C21H19N3O4S. The molecule has 2 aliphatic heterocycles. The molecule has 2 aromatic carbocycles. The number of nitrogens with one attached hydrogen (secondary N) is 1. The van der Waals surface area contributed by atoms with E-state index in [1.807, 2.05) is 30.3 Å². The SMILES string of the molecule is CN1C(=O)C2C=C(C(=O)Nc3ccc(Oc4ccccc4)cc3)SC2N(C)C1=O. The minimum atomic E-state index is -0.518. The number of amides is 4. The number of anilines is 1. The molecule has 148 valence electrons. The van der Waals surface area contributed by atoms with Gasteiger partial charge in [0.05, 0.1) is 16.2 Å². The average Bonchev–Trinajstić information content (AvgIpc) is 3.19. The fourth-order valence-corrected chi connectivity index (χ4v) is 4.45. The Morgan fingerprint density at radius 2 is 1.66 bits per heavy atom. The molecule has 0 aromatic heterocycles. The van der Waals surface area contributed by atoms with Gasteiger partial charge in [0, 0.05) is 19.8 Å². The van der Waals surface area contributed by atoms with E-state index in [0.29, 0.717) is 16.3 Å². The minimum absolute atomic E-state index is 0.296. The zero-order valence-electron chi connectivity index (χ0n) is 15.9. The van der Waals surface area contributed by atoms with Gasteiger partial charge in [-0.2, -0.15) is 0 Å². The topological polar surface area (TPSA) is 79.0 Å². The molecule has 2 heterocycles. The number of carbonyl (C=O) groups is 3. The molecule has 4 amide bonds. The molecule has 4 rings (SSSR count). The van der Waals surface area contributed by atoms with E-state index in [2.05, 4.69) is 5.32 Å². The number of ether oxygens (including phenoxy) is 1. The number of thioether (sulfide) groups is 1. The lowest BCUT2D eigenvalue weighted by atomic mass is 10.0. The van der Waals surface area contributed by atoms with Crippen LogP contribution < -0.4 is 10.1 Å². The Bertz CT molecular complexity index is 991. The molecule has 0 bridgehead atoms. The first kappa shape index (κ1) is 19.1. The van der Waals surface area contributed by atoms with Crippen molar-refractivity contribution in [2.24, 2.45) is 5.92 Å². The summed E-state index contributed by atoms with van der Waals surface area (Å²) >= 11 is 1.23. The van der Waals surface area contributed by atoms with E-state index in [9.17, 15) is 14.4 Å². The first-order valence-electron chi connectivity index (χ1n) is 9.01. The van der Waals surface area contributed by atoms with Crippen LogP contribution >= 0.6 is 11.8 Å². The summed E-state index contributed by atoms with van der Waals surface area (Å²) in [5.41, 5.74) is 0.611. The van der Waals surface area contributed by atoms with E-state index in [0.717, 1.165) is 10.6 Å². The van der Waals surface area contributed by atoms with E-state index in [-0.39, 0.29) is 17.8 Å². The highest BCUT2D eigenvalue weighted by atomic mass is 32.2. The predicted octanol–water partition coefficient (Wildman–Crippen LogP) is 3.51. The molecule has 0 radical (unpaired) electrons. The molecular weight excluding hydrogens is 390 g/mol. The van der Waals surface area contributed by atoms with Gasteiger partial charge in [0.25, 0.3) is 5.91 Å². The number of hydrogen-bond donors (Lipinski definition) is 1. The van der Waals surface area contributed by atoms with Crippen LogP contribution in [0.25, 0.3) is 0 Å². The van der Waals surface area contributed by atoms with Crippen LogP contribution in [0, 0.1) is 5.92 Å². The van der Waals surface area contributed by atoms with Crippen molar-refractivity contribution in [2.75, 3.05) is 19.4 Å². The van der Waals surface area contributed by atoms with Crippen molar-refractivity contribution in [1.82, 2.24) is 9.80 Å². The zero-order chi connectivity index (χ0) is 20.5. The summed E-state index contributed by atoms with van der Waals surface area (Å²) in [5, 5.41) is 2.43. The second kappa shape index (κ2) is 7.63. The van der Waals surface area contributed by atoms with Gasteiger partial charge < -0.3 is 15.0 Å². The van der Waals surface area contributed by atoms with Crippen LogP contribution in [-0.2, 0) is 9.59 Å². The summed E-state index contributed by atoms with van der Waals surface area (Å²) in [6, 6.07) is 16.1. The Morgan fingerprint density at radius 1 is 1.00 bits per heavy atom. The molecule has 1 saturated heterocycles. The van der Waals surface area contributed by atoms with Gasteiger partial charge in [0.2, 0.25) is 5.91 Å². The average molecular weight is 409 g/mol. The highest BCUT2D eigenvalue weighted by Gasteiger charge is 2.47. The predicted molar refractivity (Wildman–Crippen MR) is 110 cm³/mol. The smallest absolute Gasteiger partial charge is 0.327 e. The summed E-state index contributed by atoms with van der Waals surface area (Å²) < 4.78 is 5.74. The van der Waals surface area contributed by atoms with Gasteiger partial charge in [-0.25, -0.2) is 4.79 Å². The van der Waals surface area contributed by atoms with Gasteiger partial charge in [-0.05, 0) is 42.5 Å². The lowest BCUT2D eigenvalue weighted by molar-refractivity contribution is -0.133. The van der Waals surface area contributed by atoms with E-state index in [4.69, 9.17) is 4.74 Å². The summed E-state index contributed by atoms with van der Waals surface area (Å²) in [5.74, 6) is 0.263. The number of urea groups is 1. The molecule has 29 heavy (non-hydrogen) atoms. The third-order valence-corrected chi connectivity index (χ3v) is 6.21. The Hall–Kier alpha value is -3.26. The van der Waals surface area contributed by atoms with E-state index in [1.54, 1.807) is 37.4 Å². The largest absolute Gasteiger partial charge is 0.457 e. The van der Waals surface area contributed by atoms with Crippen LogP contribution in [0.5, 0.6) is 11.5 Å². The third-order valence-electron chi connectivity index (χ3n) is 4.79. The molecule has 2 aromatic rings. The molecule has 0 spiro atoms. The van der Waals surface area contributed by atoms with Gasteiger partial charge >= 0.3 is 6.03 Å². The fraction of sp³-hybridized carbons (Fsp3) is 0.190. The van der Waals surface area contributed by atoms with Crippen LogP contribution in [0.3, 0.4) is 0 Å². The molecule has 0 saturated carbocycles. The normalized spacial score (nSPS) is 21.0. The fourth-order valence-electron chi connectivity index (χ4n) is 3.22. The Balaban J connectivity index is 1.42. The first-order valence-corrected chi connectivity index (χ1v) is 9.89. The highest BCUT2D eigenvalue weighted by molar-refractivity contribution is 8.04. The van der Waals surface area contributed by atoms with Crippen molar-refractivity contribution in [3.63, 3.8) is 0 Å². The van der Waals surface area contributed by atoms with Crippen LogP contribution in [0.4, 0.5) is 10.5 Å². The number of hydrogen-bond acceptors (Lipinski definition) is 5. The van der Waals surface area contributed by atoms with Crippen LogP contribution in [0.2, 0.25) is 0 Å². The number of rotatable bonds is 4. The Labute approximate surface area is 172 Å². The summed E-state index contributed by atoms with van der Waals surface area (Å²) in [7, 11) is 3.09. The maximum Gasteiger partial charge on any atom is 0.327 e. The summed E-state index contributed by atoms with van der Waals surface area (Å²) in [4.78, 5) is 40.1. The van der Waals surface area contributed by atoms with Crippen LogP contribution in [0.15, 0.2) is 65.6 Å². The third kappa shape index (κ3) is 3.71. The van der Waals surface area contributed by atoms with Gasteiger partial charge in [0.1, 0.15) is 11.5 Å². The van der Waals surface area contributed by atoms with Crippen molar-refractivity contribution < 1.29 is 19.1 Å². The van der Waals surface area contributed by atoms with Crippen molar-refractivity contribution in [2.45, 2.75) is 5.37 Å². The maximum atomic E-state index is 12.7. The van der Waals surface area contributed by atoms with Crippen molar-refractivity contribution in [3.05, 3.63) is 65.6 Å². The highest BCUT2D eigenvalue weighted by Crippen LogP contribution is 2.42. The molecule has 1 fully saturated rings. The minimum Gasteiger partial charge on any atom is -0.457 e. The number of nitrogens with zero attached hydrogens (tertiary/aromatic N) is 2. The molecule has 8 heteroatoms. The van der Waals surface area contributed by atoms with Crippen LogP contribution in [0.1, 0.15) is 0 Å². The van der Waals surface area contributed by atoms with E-state index >= 15 is 0 Å².